The number of piperidine rings is 2. The van der Waals surface area contributed by atoms with Crippen molar-refractivity contribution in [1.29, 1.82) is 0 Å². The molecule has 1 N–H and O–H groups in total. The number of nitrogens with one attached hydrogen (secondary N) is 1. The summed E-state index contributed by atoms with van der Waals surface area (Å²) in [6, 6.07) is 15.2. The number of carbonyl (C=O) groups is 4. The van der Waals surface area contributed by atoms with Crippen LogP contribution < -0.4 is 20.0 Å². The molecule has 0 radical (unpaired) electrons. The Balaban J connectivity index is 0.725. The first kappa shape index (κ1) is 36.5. The van der Waals surface area contributed by atoms with E-state index in [1.54, 1.807) is 12.1 Å². The maximum atomic E-state index is 13.3. The summed E-state index contributed by atoms with van der Waals surface area (Å²) in [6.45, 7) is 18.8. The van der Waals surface area contributed by atoms with Gasteiger partial charge in [0.1, 0.15) is 6.04 Å². The number of halogens is 1. The molecule has 4 amide bonds. The van der Waals surface area contributed by atoms with E-state index in [0.29, 0.717) is 33.9 Å². The maximum absolute atomic E-state index is 13.3. The molecule has 15 heteroatoms. The van der Waals surface area contributed by atoms with Crippen LogP contribution in [0.5, 0.6) is 0 Å². The molecule has 290 valence electrons. The van der Waals surface area contributed by atoms with E-state index in [9.17, 15) is 19.2 Å². The first-order valence-corrected chi connectivity index (χ1v) is 20.0. The van der Waals surface area contributed by atoms with Gasteiger partial charge >= 0.3 is 0 Å². The van der Waals surface area contributed by atoms with Crippen molar-refractivity contribution in [3.05, 3.63) is 81.8 Å². The molecule has 1 unspecified atom stereocenters. The van der Waals surface area contributed by atoms with E-state index in [1.807, 2.05) is 24.3 Å². The fourth-order valence-corrected chi connectivity index (χ4v) is 9.89. The lowest BCUT2D eigenvalue weighted by atomic mass is 9.77. The Bertz CT molecular complexity index is 2120. The van der Waals surface area contributed by atoms with Crippen LogP contribution in [0.3, 0.4) is 0 Å². The largest absolute Gasteiger partial charge is 0.368 e. The second-order valence-corrected chi connectivity index (χ2v) is 16.8. The van der Waals surface area contributed by atoms with Crippen LogP contribution in [0.4, 0.5) is 22.9 Å². The van der Waals surface area contributed by atoms with Crippen molar-refractivity contribution in [2.45, 2.75) is 63.7 Å². The van der Waals surface area contributed by atoms with Crippen molar-refractivity contribution in [1.82, 2.24) is 30.2 Å². The van der Waals surface area contributed by atoms with Gasteiger partial charge in [0.05, 0.1) is 23.4 Å². The van der Waals surface area contributed by atoms with Crippen LogP contribution >= 0.6 is 11.6 Å². The van der Waals surface area contributed by atoms with E-state index in [-0.39, 0.29) is 24.2 Å². The summed E-state index contributed by atoms with van der Waals surface area (Å²) < 4.78 is 0. The zero-order valence-electron chi connectivity index (χ0n) is 31.5. The Labute approximate surface area is 331 Å². The fraction of sp³-hybridized carbons (Fsp3) is 0.488. The Morgan fingerprint density at radius 2 is 1.62 bits per heavy atom. The zero-order chi connectivity index (χ0) is 38.7. The second-order valence-electron chi connectivity index (χ2n) is 16.3. The average Bonchev–Trinajstić information content (AvgIpc) is 3.63. The van der Waals surface area contributed by atoms with Gasteiger partial charge in [0.25, 0.3) is 11.8 Å². The van der Waals surface area contributed by atoms with Gasteiger partial charge in [-0.3, -0.25) is 39.2 Å². The van der Waals surface area contributed by atoms with Gasteiger partial charge in [-0.1, -0.05) is 17.7 Å². The van der Waals surface area contributed by atoms with Gasteiger partial charge in [-0.25, -0.2) is 4.85 Å². The zero-order valence-corrected chi connectivity index (χ0v) is 32.2. The molecule has 7 heterocycles. The van der Waals surface area contributed by atoms with Crippen LogP contribution in [0.25, 0.3) is 4.85 Å². The van der Waals surface area contributed by atoms with Gasteiger partial charge in [-0.2, -0.15) is 5.10 Å². The van der Waals surface area contributed by atoms with Crippen molar-refractivity contribution in [3.63, 3.8) is 0 Å². The number of anilines is 3. The predicted octanol–water partition coefficient (Wildman–Crippen LogP) is 3.97. The average molecular weight is 777 g/mol. The van der Waals surface area contributed by atoms with Crippen LogP contribution in [0, 0.1) is 12.0 Å². The molecule has 56 heavy (non-hydrogen) atoms. The van der Waals surface area contributed by atoms with Crippen LogP contribution in [-0.2, 0) is 16.1 Å². The molecule has 5 fully saturated rings. The van der Waals surface area contributed by atoms with Gasteiger partial charge in [0, 0.05) is 100 Å². The molecule has 0 aliphatic carbocycles. The quantitative estimate of drug-likeness (QED) is 0.277. The SMILES string of the molecule is [C-]#[N+]c1ccc(N2CC3(CCN(c4ccc(CN5CCN(C6CN(c7ccc8c(c7)C(=O)N(C7CCC(=O)NC7=O)C8=O)C6)CC5)nn4)CC3)C[C@@H]2C)cc1Cl. The molecule has 5 saturated heterocycles. The van der Waals surface area contributed by atoms with Gasteiger partial charge in [-0.15, -0.1) is 5.10 Å². The third kappa shape index (κ3) is 6.65. The molecule has 2 atom stereocenters. The van der Waals surface area contributed by atoms with Crippen LogP contribution in [0.15, 0.2) is 48.5 Å². The first-order valence-electron chi connectivity index (χ1n) is 19.7. The lowest BCUT2D eigenvalue weighted by Crippen LogP contribution is -2.63. The van der Waals surface area contributed by atoms with E-state index >= 15 is 0 Å². The van der Waals surface area contributed by atoms with E-state index in [0.717, 1.165) is 112 Å². The number of imide groups is 2. The molecule has 2 aromatic carbocycles. The van der Waals surface area contributed by atoms with Crippen molar-refractivity contribution in [2.75, 3.05) is 73.6 Å². The molecule has 6 aliphatic heterocycles. The number of hydrogen-bond acceptors (Lipinski definition) is 11. The van der Waals surface area contributed by atoms with E-state index in [1.165, 1.54) is 0 Å². The van der Waals surface area contributed by atoms with Crippen molar-refractivity contribution in [2.24, 2.45) is 5.41 Å². The highest BCUT2D eigenvalue weighted by molar-refractivity contribution is 6.33. The Hall–Kier alpha value is -5.10. The van der Waals surface area contributed by atoms with Crippen molar-refractivity contribution in [3.8, 4) is 0 Å². The molecule has 6 aliphatic rings. The minimum Gasteiger partial charge on any atom is -0.368 e. The Kier molecular flexibility index (Phi) is 9.42. The summed E-state index contributed by atoms with van der Waals surface area (Å²) >= 11 is 6.38. The first-order chi connectivity index (χ1) is 27.1. The number of hydrogen-bond donors (Lipinski definition) is 1. The summed E-state index contributed by atoms with van der Waals surface area (Å²) in [5.74, 6) is -1.00. The summed E-state index contributed by atoms with van der Waals surface area (Å²) in [6.07, 6.45) is 3.60. The summed E-state index contributed by atoms with van der Waals surface area (Å²) in [5, 5.41) is 12.1. The highest BCUT2D eigenvalue weighted by atomic mass is 35.5. The number of fused-ring (bicyclic) bond motifs is 1. The number of aromatic nitrogens is 2. The highest BCUT2D eigenvalue weighted by Crippen LogP contribution is 2.46. The smallest absolute Gasteiger partial charge is 0.262 e. The molecule has 14 nitrogen and oxygen atoms in total. The van der Waals surface area contributed by atoms with E-state index < -0.39 is 23.8 Å². The van der Waals surface area contributed by atoms with E-state index in [4.69, 9.17) is 18.2 Å². The van der Waals surface area contributed by atoms with Crippen LogP contribution in [0.2, 0.25) is 5.02 Å². The monoisotopic (exact) mass is 776 g/mol. The minimum atomic E-state index is -0.964. The Morgan fingerprint density at radius 1 is 0.875 bits per heavy atom. The number of benzene rings is 2. The summed E-state index contributed by atoms with van der Waals surface area (Å²) in [7, 11) is 0. The van der Waals surface area contributed by atoms with E-state index in [2.05, 4.69) is 63.9 Å². The molecule has 1 spiro atoms. The highest BCUT2D eigenvalue weighted by Gasteiger charge is 2.46. The molecule has 9 rings (SSSR count). The predicted molar refractivity (Wildman–Crippen MR) is 211 cm³/mol. The number of rotatable bonds is 7. The minimum absolute atomic E-state index is 0.0986. The molecular weight excluding hydrogens is 732 g/mol. The number of nitrogens with zero attached hydrogens (tertiary/aromatic N) is 9. The molecule has 3 aromatic rings. The second kappa shape index (κ2) is 14.4. The normalized spacial score (nSPS) is 24.4. The lowest BCUT2D eigenvalue weighted by molar-refractivity contribution is -0.136. The third-order valence-electron chi connectivity index (χ3n) is 13.0. The summed E-state index contributed by atoms with van der Waals surface area (Å²) in [4.78, 5) is 66.9. The number of carbonyl (C=O) groups excluding carboxylic acids is 4. The van der Waals surface area contributed by atoms with Crippen LogP contribution in [-0.4, -0.2) is 126 Å². The van der Waals surface area contributed by atoms with Gasteiger partial charge in [-0.05, 0) is 80.5 Å². The van der Waals surface area contributed by atoms with Crippen LogP contribution in [0.1, 0.15) is 65.4 Å². The topological polar surface area (TPSA) is 130 Å². The fourth-order valence-electron chi connectivity index (χ4n) is 9.68. The number of amides is 4. The Morgan fingerprint density at radius 3 is 2.32 bits per heavy atom. The summed E-state index contributed by atoms with van der Waals surface area (Å²) in [5.41, 5.74) is 4.35. The molecule has 1 aromatic heterocycles. The number of piperazine rings is 1. The third-order valence-corrected chi connectivity index (χ3v) is 13.3. The van der Waals surface area contributed by atoms with Crippen molar-refractivity contribution >= 4 is 58.1 Å². The van der Waals surface area contributed by atoms with Gasteiger partial charge in [0.15, 0.2) is 5.82 Å². The lowest BCUT2D eigenvalue weighted by Gasteiger charge is -2.49. The standard InChI is InChI=1S/C41H45ClN10O4/c1-26-21-41(25-51(26)29-5-7-34(43-2)33(42)20-29)11-13-49(14-12-41)36-9-3-27(45-46-36)22-47-15-17-48(18-16-47)30-23-50(24-30)28-4-6-31-32(19-28)40(56)52(39(31)55)35-8-10-37(53)44-38(35)54/h3-7,9,19-20,26,30,35H,8,10-18,21-25H2,1H3,(H,44,53,54)/t26-,35?/m0/s1. The molecule has 0 bridgehead atoms. The maximum Gasteiger partial charge on any atom is 0.262 e. The molecule has 0 saturated carbocycles. The van der Waals surface area contributed by atoms with Gasteiger partial charge < -0.3 is 14.7 Å². The molecular formula is C41H45ClN10O4. The van der Waals surface area contributed by atoms with Crippen molar-refractivity contribution < 1.29 is 19.2 Å². The van der Waals surface area contributed by atoms with Gasteiger partial charge in [0.2, 0.25) is 17.5 Å².